The van der Waals surface area contributed by atoms with Crippen LogP contribution in [0.2, 0.25) is 0 Å². The third kappa shape index (κ3) is 3.85. The van der Waals surface area contributed by atoms with Crippen LogP contribution in [-0.4, -0.2) is 72.0 Å². The van der Waals surface area contributed by atoms with Gasteiger partial charge in [0.2, 0.25) is 0 Å². The quantitative estimate of drug-likeness (QED) is 0.817. The van der Waals surface area contributed by atoms with Gasteiger partial charge < -0.3 is 9.72 Å². The van der Waals surface area contributed by atoms with Crippen molar-refractivity contribution in [3.05, 3.63) is 47.8 Å². The fourth-order valence-corrected chi connectivity index (χ4v) is 6.20. The van der Waals surface area contributed by atoms with E-state index in [9.17, 15) is 12.8 Å². The summed E-state index contributed by atoms with van der Waals surface area (Å²) in [5.41, 5.74) is 0.736. The van der Waals surface area contributed by atoms with Crippen LogP contribution in [0.5, 0.6) is 5.75 Å². The summed E-state index contributed by atoms with van der Waals surface area (Å²) in [6.45, 7) is 2.50. The van der Waals surface area contributed by atoms with Crippen molar-refractivity contribution in [1.29, 1.82) is 0 Å². The monoisotopic (exact) mass is 394 g/mol. The minimum atomic E-state index is -3.11. The van der Waals surface area contributed by atoms with Crippen molar-refractivity contribution in [3.63, 3.8) is 0 Å². The molecule has 3 heterocycles. The van der Waals surface area contributed by atoms with Gasteiger partial charge in [0.05, 0.1) is 25.2 Å². The first kappa shape index (κ1) is 18.4. The lowest BCUT2D eigenvalue weighted by Crippen LogP contribution is -2.58. The van der Waals surface area contributed by atoms with Crippen molar-refractivity contribution in [3.8, 4) is 5.75 Å². The summed E-state index contributed by atoms with van der Waals surface area (Å²) in [6, 6.07) is 4.24. The Bertz CT molecular complexity index is 903. The molecular formula is C18H23FN4O3S. The molecule has 2 fully saturated rings. The molecule has 1 N–H and O–H groups in total. The zero-order valence-electron chi connectivity index (χ0n) is 15.1. The number of halogens is 1. The number of aromatic amines is 1. The van der Waals surface area contributed by atoms with Crippen LogP contribution in [0, 0.1) is 5.82 Å². The topological polar surface area (TPSA) is 78.5 Å². The molecule has 1 aromatic carbocycles. The fraction of sp³-hybridized carbons (Fsp3) is 0.500. The third-order valence-corrected chi connectivity index (χ3v) is 7.13. The molecule has 146 valence electrons. The van der Waals surface area contributed by atoms with Gasteiger partial charge in [-0.3, -0.25) is 9.80 Å². The smallest absolute Gasteiger partial charge is 0.153 e. The highest BCUT2D eigenvalue weighted by molar-refractivity contribution is 7.91. The first-order valence-electron chi connectivity index (χ1n) is 8.94. The van der Waals surface area contributed by atoms with E-state index in [1.54, 1.807) is 25.6 Å². The Kier molecular flexibility index (Phi) is 4.92. The van der Waals surface area contributed by atoms with E-state index >= 15 is 0 Å². The van der Waals surface area contributed by atoms with Gasteiger partial charge in [-0.15, -0.1) is 0 Å². The third-order valence-electron chi connectivity index (χ3n) is 5.43. The molecule has 0 radical (unpaired) electrons. The highest BCUT2D eigenvalue weighted by Crippen LogP contribution is 2.30. The summed E-state index contributed by atoms with van der Waals surface area (Å²) < 4.78 is 43.8. The lowest BCUT2D eigenvalue weighted by molar-refractivity contribution is 0.0337. The number of imidazole rings is 1. The SMILES string of the molecule is COc1ccc(F)cc1CN1CCN(Cc2ncc[nH]2)[C@@H]2CS(=O)(=O)C[C@@H]21. The van der Waals surface area contributed by atoms with E-state index in [1.807, 2.05) is 0 Å². The molecule has 0 aliphatic carbocycles. The number of nitrogens with zero attached hydrogens (tertiary/aromatic N) is 3. The van der Waals surface area contributed by atoms with E-state index in [1.165, 1.54) is 12.1 Å². The van der Waals surface area contributed by atoms with Crippen LogP contribution in [0.25, 0.3) is 0 Å². The number of sulfone groups is 1. The first-order valence-corrected chi connectivity index (χ1v) is 10.8. The van der Waals surface area contributed by atoms with Gasteiger partial charge in [0.25, 0.3) is 0 Å². The van der Waals surface area contributed by atoms with E-state index in [4.69, 9.17) is 4.74 Å². The standard InChI is InChI=1S/C18H23FN4O3S/c1-26-17-3-2-14(19)8-13(17)9-22-6-7-23(10-18-20-4-5-21-18)16-12-27(24,25)11-15(16)22/h2-5,8,15-16H,6-7,9-12H2,1H3,(H,20,21)/t15-,16+/m0/s1. The Morgan fingerprint density at radius 3 is 2.56 bits per heavy atom. The molecule has 0 spiro atoms. The molecule has 7 nitrogen and oxygen atoms in total. The summed E-state index contributed by atoms with van der Waals surface area (Å²) in [5.74, 6) is 1.40. The van der Waals surface area contributed by atoms with Crippen molar-refractivity contribution >= 4 is 9.84 Å². The Labute approximate surface area is 158 Å². The van der Waals surface area contributed by atoms with Crippen LogP contribution in [0.1, 0.15) is 11.4 Å². The zero-order valence-corrected chi connectivity index (χ0v) is 16.0. The molecule has 1 aromatic heterocycles. The number of ether oxygens (including phenoxy) is 1. The molecule has 2 atom stereocenters. The van der Waals surface area contributed by atoms with Gasteiger partial charge in [0.15, 0.2) is 9.84 Å². The van der Waals surface area contributed by atoms with E-state index in [2.05, 4.69) is 19.8 Å². The second kappa shape index (κ2) is 7.21. The number of methoxy groups -OCH3 is 1. The summed E-state index contributed by atoms with van der Waals surface area (Å²) in [5, 5.41) is 0. The molecular weight excluding hydrogens is 371 g/mol. The molecule has 0 unspecified atom stereocenters. The minimum absolute atomic E-state index is 0.0894. The van der Waals surface area contributed by atoms with Crippen LogP contribution >= 0.6 is 0 Å². The van der Waals surface area contributed by atoms with Crippen molar-refractivity contribution in [1.82, 2.24) is 19.8 Å². The lowest BCUT2D eigenvalue weighted by atomic mass is 10.0. The number of benzene rings is 1. The predicted molar refractivity (Wildman–Crippen MR) is 98.6 cm³/mol. The second-order valence-electron chi connectivity index (χ2n) is 7.14. The van der Waals surface area contributed by atoms with Crippen molar-refractivity contribution in [2.75, 3.05) is 31.7 Å². The van der Waals surface area contributed by atoms with E-state index in [0.29, 0.717) is 25.4 Å². The number of hydrogen-bond donors (Lipinski definition) is 1. The average Bonchev–Trinajstić information content (AvgIpc) is 3.24. The van der Waals surface area contributed by atoms with Crippen molar-refractivity contribution < 1.29 is 17.5 Å². The summed E-state index contributed by atoms with van der Waals surface area (Å²) in [4.78, 5) is 11.7. The van der Waals surface area contributed by atoms with Gasteiger partial charge in [-0.1, -0.05) is 0 Å². The van der Waals surface area contributed by atoms with E-state index in [-0.39, 0.29) is 29.4 Å². The van der Waals surface area contributed by atoms with Crippen LogP contribution in [0.4, 0.5) is 4.39 Å². The summed E-state index contributed by atoms with van der Waals surface area (Å²) >= 11 is 0. The zero-order chi connectivity index (χ0) is 19.0. The minimum Gasteiger partial charge on any atom is -0.496 e. The Morgan fingerprint density at radius 2 is 1.93 bits per heavy atom. The highest BCUT2D eigenvalue weighted by Gasteiger charge is 2.46. The molecule has 0 bridgehead atoms. The average molecular weight is 394 g/mol. The van der Waals surface area contributed by atoms with Gasteiger partial charge >= 0.3 is 0 Å². The van der Waals surface area contributed by atoms with Crippen LogP contribution in [0.15, 0.2) is 30.6 Å². The maximum absolute atomic E-state index is 13.7. The van der Waals surface area contributed by atoms with Crippen molar-refractivity contribution in [2.45, 2.75) is 25.2 Å². The van der Waals surface area contributed by atoms with Gasteiger partial charge in [-0.2, -0.15) is 0 Å². The summed E-state index contributed by atoms with van der Waals surface area (Å²) in [7, 11) is -1.55. The maximum Gasteiger partial charge on any atom is 0.153 e. The molecule has 0 saturated carbocycles. The Balaban J connectivity index is 1.56. The highest BCUT2D eigenvalue weighted by atomic mass is 32.2. The largest absolute Gasteiger partial charge is 0.496 e. The lowest BCUT2D eigenvalue weighted by Gasteiger charge is -2.43. The van der Waals surface area contributed by atoms with Gasteiger partial charge in [0.1, 0.15) is 17.4 Å². The number of rotatable bonds is 5. The van der Waals surface area contributed by atoms with Gasteiger partial charge in [-0.25, -0.2) is 17.8 Å². The van der Waals surface area contributed by atoms with E-state index < -0.39 is 9.84 Å². The number of H-pyrrole nitrogens is 1. The normalized spacial score (nSPS) is 25.4. The number of nitrogens with one attached hydrogen (secondary N) is 1. The second-order valence-corrected chi connectivity index (χ2v) is 9.30. The predicted octanol–water partition coefficient (Wildman–Crippen LogP) is 1.04. The first-order chi connectivity index (χ1) is 12.9. The molecule has 2 aliphatic heterocycles. The van der Waals surface area contributed by atoms with E-state index in [0.717, 1.165) is 17.9 Å². The van der Waals surface area contributed by atoms with Crippen LogP contribution in [0.3, 0.4) is 0 Å². The molecule has 0 amide bonds. The number of piperazine rings is 1. The molecule has 27 heavy (non-hydrogen) atoms. The van der Waals surface area contributed by atoms with Crippen LogP contribution < -0.4 is 4.74 Å². The molecule has 2 aromatic rings. The fourth-order valence-electron chi connectivity index (χ4n) is 4.16. The number of fused-ring (bicyclic) bond motifs is 1. The van der Waals surface area contributed by atoms with Crippen molar-refractivity contribution in [2.24, 2.45) is 0 Å². The maximum atomic E-state index is 13.7. The Morgan fingerprint density at radius 1 is 1.22 bits per heavy atom. The Hall–Kier alpha value is -1.97. The molecule has 2 saturated heterocycles. The van der Waals surface area contributed by atoms with Gasteiger partial charge in [0, 0.05) is 49.7 Å². The molecule has 4 rings (SSSR count). The number of aromatic nitrogens is 2. The molecule has 2 aliphatic rings. The summed E-state index contributed by atoms with van der Waals surface area (Å²) in [6.07, 6.45) is 3.47. The number of hydrogen-bond acceptors (Lipinski definition) is 6. The van der Waals surface area contributed by atoms with Gasteiger partial charge in [-0.05, 0) is 18.2 Å². The molecule has 9 heteroatoms. The van der Waals surface area contributed by atoms with Crippen LogP contribution in [-0.2, 0) is 22.9 Å².